The Morgan fingerprint density at radius 1 is 1.16 bits per heavy atom. The minimum absolute atomic E-state index is 0.283. The zero-order chi connectivity index (χ0) is 17.6. The number of aryl methyl sites for hydroxylation is 2. The van der Waals surface area contributed by atoms with Gasteiger partial charge in [0.2, 0.25) is 0 Å². The topological polar surface area (TPSA) is 26.5 Å². The van der Waals surface area contributed by atoms with Gasteiger partial charge in [-0.05, 0) is 73.5 Å². The summed E-state index contributed by atoms with van der Waals surface area (Å²) in [5.41, 5.74) is 3.12. The number of aliphatic hydroxyl groups is 1. The van der Waals surface area contributed by atoms with Gasteiger partial charge in [-0.3, -0.25) is 0 Å². The largest absolute Gasteiger partial charge is 0.346 e. The Hall–Kier alpha value is -1.85. The van der Waals surface area contributed by atoms with E-state index in [1.54, 1.807) is 23.9 Å². The summed E-state index contributed by atoms with van der Waals surface area (Å²) < 4.78 is 15.4. The molecule has 130 valence electrons. The molecule has 3 nitrogen and oxygen atoms in total. The van der Waals surface area contributed by atoms with Gasteiger partial charge in [-0.1, -0.05) is 12.1 Å². The lowest BCUT2D eigenvalue weighted by atomic mass is 10.0. The smallest absolute Gasteiger partial charge is 0.316 e. The summed E-state index contributed by atoms with van der Waals surface area (Å²) in [6, 6.07) is 12.6. The summed E-state index contributed by atoms with van der Waals surface area (Å²) in [7, 11) is 0. The first kappa shape index (κ1) is 16.6. The number of nitrogens with zero attached hydrogens (tertiary/aromatic N) is 2. The molecule has 0 radical (unpaired) electrons. The second-order valence-corrected chi connectivity index (χ2v) is 7.90. The maximum atomic E-state index is 13.4. The predicted molar refractivity (Wildman–Crippen MR) is 101 cm³/mol. The van der Waals surface area contributed by atoms with E-state index < -0.39 is 5.72 Å². The summed E-state index contributed by atoms with van der Waals surface area (Å²) in [4.78, 5) is 2.22. The highest BCUT2D eigenvalue weighted by Gasteiger charge is 2.53. The zero-order valence-corrected chi connectivity index (χ0v) is 15.3. The third kappa shape index (κ3) is 2.75. The standard InChI is InChI=1S/C20H22FN2OS/c1-14-4-5-15(2)18(12-14)22-13-20(24,16-6-8-17(21)9-7-16)23-10-3-11-25-19(22)23/h4-9,12,24H,3,10-11,13H2,1-2H3/q+1. The van der Waals surface area contributed by atoms with Crippen LogP contribution in [-0.2, 0) is 5.72 Å². The quantitative estimate of drug-likeness (QED) is 0.832. The van der Waals surface area contributed by atoms with E-state index in [-0.39, 0.29) is 5.82 Å². The lowest BCUT2D eigenvalue weighted by Gasteiger charge is -2.24. The molecule has 0 aromatic heterocycles. The number of hydrogen-bond donors (Lipinski definition) is 1. The molecule has 0 saturated carbocycles. The van der Waals surface area contributed by atoms with Gasteiger partial charge in [0.05, 0.1) is 6.54 Å². The fourth-order valence-corrected chi connectivity index (χ4v) is 4.84. The molecular formula is C20H22FN2OS+. The molecular weight excluding hydrogens is 335 g/mol. The maximum absolute atomic E-state index is 13.4. The van der Waals surface area contributed by atoms with E-state index in [1.165, 1.54) is 23.3 Å². The van der Waals surface area contributed by atoms with Crippen molar-refractivity contribution >= 4 is 22.6 Å². The van der Waals surface area contributed by atoms with Crippen LogP contribution in [0.25, 0.3) is 0 Å². The lowest BCUT2D eigenvalue weighted by Crippen LogP contribution is -2.41. The zero-order valence-electron chi connectivity index (χ0n) is 14.5. The van der Waals surface area contributed by atoms with Gasteiger partial charge >= 0.3 is 5.17 Å². The van der Waals surface area contributed by atoms with Crippen LogP contribution < -0.4 is 4.90 Å². The van der Waals surface area contributed by atoms with Crippen molar-refractivity contribution in [2.24, 2.45) is 0 Å². The Balaban J connectivity index is 1.83. The second-order valence-electron chi connectivity index (χ2n) is 6.84. The summed E-state index contributed by atoms with van der Waals surface area (Å²) in [5.74, 6) is 0.765. The van der Waals surface area contributed by atoms with E-state index >= 15 is 0 Å². The molecule has 2 heterocycles. The SMILES string of the molecule is Cc1ccc(C)c(N2CC(O)(c3ccc(F)cc3)[N+]3=C2SCCC3)c1. The number of halogens is 1. The first-order valence-electron chi connectivity index (χ1n) is 8.60. The molecule has 0 saturated heterocycles. The van der Waals surface area contributed by atoms with E-state index in [0.29, 0.717) is 6.54 Å². The highest BCUT2D eigenvalue weighted by atomic mass is 32.2. The lowest BCUT2D eigenvalue weighted by molar-refractivity contribution is -0.656. The molecule has 2 aromatic rings. The van der Waals surface area contributed by atoms with Gasteiger partial charge < -0.3 is 5.11 Å². The van der Waals surface area contributed by atoms with Gasteiger partial charge in [-0.25, -0.2) is 13.9 Å². The van der Waals surface area contributed by atoms with Gasteiger partial charge in [-0.15, -0.1) is 0 Å². The summed E-state index contributed by atoms with van der Waals surface area (Å²) in [6.07, 6.45) is 1.03. The molecule has 0 spiro atoms. The Morgan fingerprint density at radius 2 is 1.92 bits per heavy atom. The minimum Gasteiger partial charge on any atom is -0.346 e. The number of thioether (sulfide) groups is 1. The van der Waals surface area contributed by atoms with Crippen molar-refractivity contribution in [1.29, 1.82) is 0 Å². The van der Waals surface area contributed by atoms with Crippen LogP contribution in [-0.4, -0.2) is 33.7 Å². The number of benzene rings is 2. The van der Waals surface area contributed by atoms with Gasteiger partial charge in [0.25, 0.3) is 5.72 Å². The number of hydrogen-bond acceptors (Lipinski definition) is 3. The fraction of sp³-hybridized carbons (Fsp3) is 0.350. The molecule has 1 N–H and O–H groups in total. The van der Waals surface area contributed by atoms with Crippen molar-refractivity contribution in [3.63, 3.8) is 0 Å². The minimum atomic E-state index is -1.13. The van der Waals surface area contributed by atoms with Crippen molar-refractivity contribution in [3.05, 3.63) is 65.0 Å². The summed E-state index contributed by atoms with van der Waals surface area (Å²) in [5, 5.41) is 12.7. The van der Waals surface area contributed by atoms with Crippen LogP contribution >= 0.6 is 11.8 Å². The first-order chi connectivity index (χ1) is 12.0. The highest BCUT2D eigenvalue weighted by Crippen LogP contribution is 2.38. The molecule has 0 fully saturated rings. The molecule has 0 amide bonds. The van der Waals surface area contributed by atoms with E-state index in [4.69, 9.17) is 0 Å². The van der Waals surface area contributed by atoms with Crippen LogP contribution in [0.2, 0.25) is 0 Å². The average molecular weight is 357 g/mol. The van der Waals surface area contributed by atoms with Crippen LogP contribution in [0.4, 0.5) is 10.1 Å². The van der Waals surface area contributed by atoms with Crippen molar-refractivity contribution in [2.45, 2.75) is 26.0 Å². The van der Waals surface area contributed by atoms with Crippen molar-refractivity contribution in [3.8, 4) is 0 Å². The Labute approximate surface area is 151 Å². The molecule has 25 heavy (non-hydrogen) atoms. The number of anilines is 1. The first-order valence-corrected chi connectivity index (χ1v) is 9.58. The average Bonchev–Trinajstić information content (AvgIpc) is 2.92. The summed E-state index contributed by atoms with van der Waals surface area (Å²) >= 11 is 1.79. The third-order valence-electron chi connectivity index (χ3n) is 5.01. The second kappa shape index (κ2) is 6.15. The molecule has 4 rings (SSSR count). The van der Waals surface area contributed by atoms with E-state index in [2.05, 4.69) is 41.5 Å². The molecule has 2 aromatic carbocycles. The van der Waals surface area contributed by atoms with Crippen LogP contribution in [0, 0.1) is 19.7 Å². The van der Waals surface area contributed by atoms with Crippen molar-refractivity contribution in [1.82, 2.24) is 0 Å². The fourth-order valence-electron chi connectivity index (χ4n) is 3.66. The Morgan fingerprint density at radius 3 is 2.68 bits per heavy atom. The highest BCUT2D eigenvalue weighted by molar-refractivity contribution is 8.13. The van der Waals surface area contributed by atoms with Crippen molar-refractivity contribution in [2.75, 3.05) is 23.7 Å². The molecule has 5 heteroatoms. The molecule has 2 aliphatic heterocycles. The van der Waals surface area contributed by atoms with Gasteiger partial charge in [0.15, 0.2) is 6.54 Å². The third-order valence-corrected chi connectivity index (χ3v) is 6.20. The van der Waals surface area contributed by atoms with Crippen LogP contribution in [0.1, 0.15) is 23.1 Å². The summed E-state index contributed by atoms with van der Waals surface area (Å²) in [6.45, 7) is 5.44. The Bertz CT molecular complexity index is 849. The molecule has 0 bridgehead atoms. The molecule has 0 aliphatic carbocycles. The van der Waals surface area contributed by atoms with E-state index in [9.17, 15) is 9.50 Å². The number of rotatable bonds is 2. The number of amidine groups is 1. The van der Waals surface area contributed by atoms with E-state index in [1.807, 2.05) is 0 Å². The monoisotopic (exact) mass is 357 g/mol. The van der Waals surface area contributed by atoms with Gasteiger partial charge in [0, 0.05) is 11.3 Å². The normalized spacial score (nSPS) is 23.1. The Kier molecular flexibility index (Phi) is 4.08. The van der Waals surface area contributed by atoms with Gasteiger partial charge in [-0.2, -0.15) is 0 Å². The van der Waals surface area contributed by atoms with Crippen LogP contribution in [0.15, 0.2) is 42.5 Å². The van der Waals surface area contributed by atoms with E-state index in [0.717, 1.165) is 35.1 Å². The predicted octanol–water partition coefficient (Wildman–Crippen LogP) is 3.61. The van der Waals surface area contributed by atoms with Crippen LogP contribution in [0.5, 0.6) is 0 Å². The number of β-amino-alcohol motifs (C(OH)–C–C–N with tert-alkyl or cyclic N) is 1. The molecule has 1 atom stereocenters. The molecule has 1 unspecified atom stereocenters. The van der Waals surface area contributed by atoms with Crippen LogP contribution in [0.3, 0.4) is 0 Å². The van der Waals surface area contributed by atoms with Crippen molar-refractivity contribution < 1.29 is 14.1 Å². The van der Waals surface area contributed by atoms with Gasteiger partial charge in [0.1, 0.15) is 11.5 Å². The maximum Gasteiger partial charge on any atom is 0.316 e. The molecule has 2 aliphatic rings.